The molecule has 2 rings (SSSR count). The molecule has 0 radical (unpaired) electrons. The van der Waals surface area contributed by atoms with Gasteiger partial charge in [0.1, 0.15) is 5.75 Å². The molecule has 0 saturated carbocycles. The Hall–Kier alpha value is -2.30. The molecule has 0 aliphatic rings. The van der Waals surface area contributed by atoms with E-state index in [1.54, 1.807) is 25.1 Å². The summed E-state index contributed by atoms with van der Waals surface area (Å²) >= 11 is 0. The zero-order chi connectivity index (χ0) is 15.4. The number of carbonyl (C=O) groups excluding carboxylic acids is 1. The van der Waals surface area contributed by atoms with Gasteiger partial charge in [-0.05, 0) is 30.7 Å². The molecule has 0 fully saturated rings. The van der Waals surface area contributed by atoms with Crippen LogP contribution < -0.4 is 10.3 Å². The lowest BCUT2D eigenvalue weighted by Crippen LogP contribution is -2.28. The molecule has 0 aliphatic heterocycles. The van der Waals surface area contributed by atoms with E-state index in [1.807, 2.05) is 25.1 Å². The van der Waals surface area contributed by atoms with E-state index < -0.39 is 0 Å². The van der Waals surface area contributed by atoms with Crippen molar-refractivity contribution in [2.24, 2.45) is 0 Å². The van der Waals surface area contributed by atoms with Gasteiger partial charge in [0, 0.05) is 29.9 Å². The summed E-state index contributed by atoms with van der Waals surface area (Å²) in [5, 5.41) is 0.889. The summed E-state index contributed by atoms with van der Waals surface area (Å²) in [4.78, 5) is 28.3. The molecular weight excluding hydrogens is 268 g/mol. The molecule has 0 spiro atoms. The van der Waals surface area contributed by atoms with E-state index in [0.717, 1.165) is 23.1 Å². The molecule has 112 valence electrons. The van der Waals surface area contributed by atoms with Gasteiger partial charge in [-0.2, -0.15) is 0 Å². The van der Waals surface area contributed by atoms with Crippen LogP contribution in [0.2, 0.25) is 0 Å². The highest BCUT2D eigenvalue weighted by atomic mass is 16.5. The number of aromatic nitrogens is 1. The number of hydrogen-bond acceptors (Lipinski definition) is 3. The van der Waals surface area contributed by atoms with Crippen LogP contribution >= 0.6 is 0 Å². The number of H-pyrrole nitrogens is 1. The van der Waals surface area contributed by atoms with Gasteiger partial charge >= 0.3 is 0 Å². The maximum atomic E-state index is 12.1. The molecule has 0 saturated heterocycles. The standard InChI is InChI=1S/C16H20N2O3/c1-4-5-15(19)18(2)10-12-8-11-9-13(21-3)6-7-14(11)17-16(12)20/h6-9H,4-5,10H2,1-3H3,(H,17,20). The Labute approximate surface area is 123 Å². The number of hydrogen-bond donors (Lipinski definition) is 1. The highest BCUT2D eigenvalue weighted by Gasteiger charge is 2.11. The van der Waals surface area contributed by atoms with Gasteiger partial charge in [0.15, 0.2) is 0 Å². The molecule has 1 N–H and O–H groups in total. The van der Waals surface area contributed by atoms with Gasteiger partial charge < -0.3 is 14.6 Å². The van der Waals surface area contributed by atoms with Crippen molar-refractivity contribution < 1.29 is 9.53 Å². The second-order valence-corrected chi connectivity index (χ2v) is 5.08. The zero-order valence-corrected chi connectivity index (χ0v) is 12.6. The molecule has 0 bridgehead atoms. The number of benzene rings is 1. The summed E-state index contributed by atoms with van der Waals surface area (Å²) < 4.78 is 5.19. The fraction of sp³-hybridized carbons (Fsp3) is 0.375. The molecule has 0 aliphatic carbocycles. The molecule has 0 atom stereocenters. The van der Waals surface area contributed by atoms with E-state index in [0.29, 0.717) is 18.5 Å². The minimum absolute atomic E-state index is 0.0441. The number of ether oxygens (including phenoxy) is 1. The smallest absolute Gasteiger partial charge is 0.253 e. The van der Waals surface area contributed by atoms with Gasteiger partial charge in [0.05, 0.1) is 13.7 Å². The molecule has 5 heteroatoms. The summed E-state index contributed by atoms with van der Waals surface area (Å²) in [5.74, 6) is 0.776. The van der Waals surface area contributed by atoms with Gasteiger partial charge in [-0.25, -0.2) is 0 Å². The molecule has 1 aromatic heterocycles. The van der Waals surface area contributed by atoms with Gasteiger partial charge in [-0.1, -0.05) is 6.92 Å². The van der Waals surface area contributed by atoms with Crippen molar-refractivity contribution in [3.05, 3.63) is 40.2 Å². The number of amides is 1. The zero-order valence-electron chi connectivity index (χ0n) is 12.6. The van der Waals surface area contributed by atoms with Gasteiger partial charge in [0.25, 0.3) is 5.56 Å². The topological polar surface area (TPSA) is 62.4 Å². The third-order valence-corrected chi connectivity index (χ3v) is 3.43. The quantitative estimate of drug-likeness (QED) is 0.918. The summed E-state index contributed by atoms with van der Waals surface area (Å²) in [6, 6.07) is 7.29. The van der Waals surface area contributed by atoms with E-state index in [2.05, 4.69) is 4.98 Å². The van der Waals surface area contributed by atoms with Crippen LogP contribution in [0.25, 0.3) is 10.9 Å². The van der Waals surface area contributed by atoms with Crippen LogP contribution in [-0.2, 0) is 11.3 Å². The Morgan fingerprint density at radius 3 is 2.76 bits per heavy atom. The van der Waals surface area contributed by atoms with Gasteiger partial charge in [0.2, 0.25) is 5.91 Å². The number of nitrogens with zero attached hydrogens (tertiary/aromatic N) is 1. The van der Waals surface area contributed by atoms with Crippen molar-refractivity contribution in [1.29, 1.82) is 0 Å². The molecular formula is C16H20N2O3. The minimum Gasteiger partial charge on any atom is -0.497 e. The van der Waals surface area contributed by atoms with Crippen LogP contribution in [0.3, 0.4) is 0 Å². The normalized spacial score (nSPS) is 10.6. The second-order valence-electron chi connectivity index (χ2n) is 5.08. The molecule has 1 heterocycles. The Morgan fingerprint density at radius 2 is 2.10 bits per heavy atom. The number of carbonyl (C=O) groups is 1. The first-order chi connectivity index (χ1) is 10.0. The number of pyridine rings is 1. The first-order valence-corrected chi connectivity index (χ1v) is 6.99. The Balaban J connectivity index is 2.33. The third-order valence-electron chi connectivity index (χ3n) is 3.43. The summed E-state index contributed by atoms with van der Waals surface area (Å²) in [6.07, 6.45) is 1.30. The predicted octanol–water partition coefficient (Wildman–Crippen LogP) is 2.30. The number of fused-ring (bicyclic) bond motifs is 1. The maximum absolute atomic E-state index is 12.1. The monoisotopic (exact) mass is 288 g/mol. The van der Waals surface area contributed by atoms with Crippen molar-refractivity contribution in [2.75, 3.05) is 14.2 Å². The highest BCUT2D eigenvalue weighted by Crippen LogP contribution is 2.19. The summed E-state index contributed by atoms with van der Waals surface area (Å²) in [6.45, 7) is 2.27. The number of rotatable bonds is 5. The molecule has 21 heavy (non-hydrogen) atoms. The average Bonchev–Trinajstić information content (AvgIpc) is 2.47. The van der Waals surface area contributed by atoms with Crippen LogP contribution in [0, 0.1) is 0 Å². The van der Waals surface area contributed by atoms with E-state index >= 15 is 0 Å². The fourth-order valence-electron chi connectivity index (χ4n) is 2.22. The molecule has 0 unspecified atom stereocenters. The Kier molecular flexibility index (Phi) is 4.62. The maximum Gasteiger partial charge on any atom is 0.253 e. The highest BCUT2D eigenvalue weighted by molar-refractivity contribution is 5.81. The van der Waals surface area contributed by atoms with Crippen LogP contribution in [0.4, 0.5) is 0 Å². The minimum atomic E-state index is -0.163. The lowest BCUT2D eigenvalue weighted by Gasteiger charge is -2.16. The third kappa shape index (κ3) is 3.42. The summed E-state index contributed by atoms with van der Waals surface area (Å²) in [5.41, 5.74) is 1.17. The van der Waals surface area contributed by atoms with Gasteiger partial charge in [-0.15, -0.1) is 0 Å². The van der Waals surface area contributed by atoms with Crippen molar-refractivity contribution in [3.8, 4) is 5.75 Å². The second kappa shape index (κ2) is 6.43. The van der Waals surface area contributed by atoms with E-state index in [-0.39, 0.29) is 11.5 Å². The van der Waals surface area contributed by atoms with Crippen molar-refractivity contribution >= 4 is 16.8 Å². The van der Waals surface area contributed by atoms with Crippen LogP contribution in [-0.4, -0.2) is 29.9 Å². The van der Waals surface area contributed by atoms with E-state index in [1.165, 1.54) is 0 Å². The lowest BCUT2D eigenvalue weighted by atomic mass is 10.1. The first-order valence-electron chi connectivity index (χ1n) is 6.99. The van der Waals surface area contributed by atoms with Gasteiger partial charge in [-0.3, -0.25) is 9.59 Å². The first kappa shape index (κ1) is 15.1. The SMILES string of the molecule is CCCC(=O)N(C)Cc1cc2cc(OC)ccc2[nH]c1=O. The summed E-state index contributed by atoms with van der Waals surface area (Å²) in [7, 11) is 3.32. The fourth-order valence-corrected chi connectivity index (χ4v) is 2.22. The molecule has 1 amide bonds. The Bertz CT molecular complexity index is 706. The van der Waals surface area contributed by atoms with Crippen LogP contribution in [0.5, 0.6) is 5.75 Å². The predicted molar refractivity (Wildman–Crippen MR) is 82.5 cm³/mol. The van der Waals surface area contributed by atoms with E-state index in [9.17, 15) is 9.59 Å². The number of aromatic amines is 1. The Morgan fingerprint density at radius 1 is 1.33 bits per heavy atom. The van der Waals surface area contributed by atoms with Crippen molar-refractivity contribution in [2.45, 2.75) is 26.3 Å². The largest absolute Gasteiger partial charge is 0.497 e. The average molecular weight is 288 g/mol. The van der Waals surface area contributed by atoms with Crippen LogP contribution in [0.1, 0.15) is 25.3 Å². The molecule has 1 aromatic carbocycles. The van der Waals surface area contributed by atoms with E-state index in [4.69, 9.17) is 4.74 Å². The number of nitrogens with one attached hydrogen (secondary N) is 1. The lowest BCUT2D eigenvalue weighted by molar-refractivity contribution is -0.130. The van der Waals surface area contributed by atoms with Crippen LogP contribution in [0.15, 0.2) is 29.1 Å². The number of methoxy groups -OCH3 is 1. The van der Waals surface area contributed by atoms with Crippen molar-refractivity contribution in [1.82, 2.24) is 9.88 Å². The molecule has 2 aromatic rings. The van der Waals surface area contributed by atoms with Crippen molar-refractivity contribution in [3.63, 3.8) is 0 Å². The molecule has 5 nitrogen and oxygen atoms in total.